The van der Waals surface area contributed by atoms with Gasteiger partial charge in [-0.1, -0.05) is 6.07 Å². The molecule has 5 heteroatoms. The van der Waals surface area contributed by atoms with Gasteiger partial charge in [-0.3, -0.25) is 4.79 Å². The molecule has 0 spiro atoms. The molecule has 0 unspecified atom stereocenters. The second-order valence-corrected chi connectivity index (χ2v) is 6.82. The number of rotatable bonds is 8. The molecule has 0 aliphatic carbocycles. The standard InChI is InChI=1S/C18H24N2O2S/c1-20(2)17(14-6-8-15(22-3)9-7-14)13-19-18(21)11-10-16-5-4-12-23-16/h4-9,12,17H,10-11,13H2,1-3H3,(H,19,21)/p+1/t17-/m1/s1. The molecule has 0 aliphatic rings. The summed E-state index contributed by atoms with van der Waals surface area (Å²) in [5.41, 5.74) is 1.20. The van der Waals surface area contributed by atoms with Crippen molar-refractivity contribution in [1.29, 1.82) is 0 Å². The molecule has 124 valence electrons. The van der Waals surface area contributed by atoms with Crippen LogP contribution in [0.15, 0.2) is 41.8 Å². The van der Waals surface area contributed by atoms with Crippen LogP contribution in [0.2, 0.25) is 0 Å². The lowest BCUT2D eigenvalue weighted by atomic mass is 10.1. The van der Waals surface area contributed by atoms with Crippen LogP contribution < -0.4 is 15.0 Å². The molecule has 0 radical (unpaired) electrons. The van der Waals surface area contributed by atoms with Crippen LogP contribution in [0.1, 0.15) is 22.9 Å². The maximum atomic E-state index is 12.1. The molecule has 0 aliphatic heterocycles. The van der Waals surface area contributed by atoms with E-state index in [4.69, 9.17) is 4.74 Å². The van der Waals surface area contributed by atoms with E-state index in [9.17, 15) is 4.79 Å². The van der Waals surface area contributed by atoms with Gasteiger partial charge in [-0.15, -0.1) is 11.3 Å². The number of likely N-dealkylation sites (N-methyl/N-ethyl adjacent to an activating group) is 1. The molecule has 2 rings (SSSR count). The predicted molar refractivity (Wildman–Crippen MR) is 94.2 cm³/mol. The Morgan fingerprint density at radius 2 is 2.00 bits per heavy atom. The zero-order valence-corrected chi connectivity index (χ0v) is 14.8. The number of methoxy groups -OCH3 is 1. The summed E-state index contributed by atoms with van der Waals surface area (Å²) in [5.74, 6) is 0.958. The first-order valence-electron chi connectivity index (χ1n) is 7.83. The smallest absolute Gasteiger partial charge is 0.220 e. The molecule has 1 atom stereocenters. The number of quaternary nitrogens is 1. The molecule has 23 heavy (non-hydrogen) atoms. The number of carbonyl (C=O) groups excluding carboxylic acids is 1. The van der Waals surface area contributed by atoms with Crippen molar-refractivity contribution in [3.63, 3.8) is 0 Å². The van der Waals surface area contributed by atoms with Gasteiger partial charge in [-0.25, -0.2) is 0 Å². The minimum atomic E-state index is 0.109. The molecule has 0 fully saturated rings. The van der Waals surface area contributed by atoms with Crippen molar-refractivity contribution < 1.29 is 14.4 Å². The zero-order chi connectivity index (χ0) is 16.7. The van der Waals surface area contributed by atoms with Crippen molar-refractivity contribution in [3.05, 3.63) is 52.2 Å². The Labute approximate surface area is 142 Å². The van der Waals surface area contributed by atoms with Gasteiger partial charge in [-0.05, 0) is 42.1 Å². The first-order valence-corrected chi connectivity index (χ1v) is 8.71. The number of nitrogens with one attached hydrogen (secondary N) is 2. The first-order chi connectivity index (χ1) is 11.1. The fourth-order valence-corrected chi connectivity index (χ4v) is 3.20. The molecule has 1 heterocycles. The van der Waals surface area contributed by atoms with Crippen LogP contribution in [0.5, 0.6) is 5.75 Å². The molecule has 2 N–H and O–H groups in total. The Morgan fingerprint density at radius 3 is 2.57 bits per heavy atom. The third-order valence-corrected chi connectivity index (χ3v) is 4.83. The highest BCUT2D eigenvalue weighted by molar-refractivity contribution is 7.09. The van der Waals surface area contributed by atoms with Crippen LogP contribution in [0.3, 0.4) is 0 Å². The molecular formula is C18H25N2O2S+. The third kappa shape index (κ3) is 5.37. The van der Waals surface area contributed by atoms with Crippen molar-refractivity contribution >= 4 is 17.2 Å². The monoisotopic (exact) mass is 333 g/mol. The van der Waals surface area contributed by atoms with E-state index in [0.717, 1.165) is 12.2 Å². The molecular weight excluding hydrogens is 308 g/mol. The summed E-state index contributed by atoms with van der Waals surface area (Å²) in [7, 11) is 5.87. The van der Waals surface area contributed by atoms with Crippen molar-refractivity contribution in [2.45, 2.75) is 18.9 Å². The normalized spacial score (nSPS) is 12.2. The number of amides is 1. The SMILES string of the molecule is COc1ccc([C@@H](CNC(=O)CCc2cccs2)[NH+](C)C)cc1. The molecule has 0 bridgehead atoms. The molecule has 1 amide bonds. The topological polar surface area (TPSA) is 42.8 Å². The zero-order valence-electron chi connectivity index (χ0n) is 14.0. The van der Waals surface area contributed by atoms with E-state index in [1.54, 1.807) is 18.4 Å². The fraction of sp³-hybridized carbons (Fsp3) is 0.389. The van der Waals surface area contributed by atoms with E-state index in [1.165, 1.54) is 15.3 Å². The van der Waals surface area contributed by atoms with E-state index < -0.39 is 0 Å². The highest BCUT2D eigenvalue weighted by Crippen LogP contribution is 2.15. The van der Waals surface area contributed by atoms with Gasteiger partial charge in [0, 0.05) is 16.9 Å². The van der Waals surface area contributed by atoms with E-state index in [1.807, 2.05) is 23.6 Å². The van der Waals surface area contributed by atoms with Crippen molar-refractivity contribution in [2.24, 2.45) is 0 Å². The Morgan fingerprint density at radius 1 is 1.26 bits per heavy atom. The Bertz CT molecular complexity index is 594. The van der Waals surface area contributed by atoms with Gasteiger partial charge in [0.2, 0.25) is 5.91 Å². The van der Waals surface area contributed by atoms with E-state index in [-0.39, 0.29) is 11.9 Å². The molecule has 1 aromatic carbocycles. The van der Waals surface area contributed by atoms with Crippen molar-refractivity contribution in [2.75, 3.05) is 27.7 Å². The van der Waals surface area contributed by atoms with E-state index >= 15 is 0 Å². The number of ether oxygens (including phenoxy) is 1. The minimum Gasteiger partial charge on any atom is -0.497 e. The van der Waals surface area contributed by atoms with E-state index in [2.05, 4.69) is 37.6 Å². The van der Waals surface area contributed by atoms with Crippen LogP contribution in [0.25, 0.3) is 0 Å². The number of aryl methyl sites for hydroxylation is 1. The third-order valence-electron chi connectivity index (χ3n) is 3.90. The second-order valence-electron chi connectivity index (χ2n) is 5.79. The van der Waals surface area contributed by atoms with Crippen molar-refractivity contribution in [1.82, 2.24) is 5.32 Å². The molecule has 1 aromatic heterocycles. The van der Waals surface area contributed by atoms with Crippen LogP contribution in [0.4, 0.5) is 0 Å². The quantitative estimate of drug-likeness (QED) is 0.772. The summed E-state index contributed by atoms with van der Waals surface area (Å²) in [6.07, 6.45) is 1.35. The molecule has 0 saturated heterocycles. The average Bonchev–Trinajstić information content (AvgIpc) is 3.07. The molecule has 4 nitrogen and oxygen atoms in total. The lowest BCUT2D eigenvalue weighted by molar-refractivity contribution is -0.890. The fourth-order valence-electron chi connectivity index (χ4n) is 2.49. The van der Waals surface area contributed by atoms with Crippen LogP contribution in [0, 0.1) is 0 Å². The maximum absolute atomic E-state index is 12.1. The number of hydrogen-bond donors (Lipinski definition) is 2. The average molecular weight is 333 g/mol. The Hall–Kier alpha value is -1.85. The minimum absolute atomic E-state index is 0.109. The molecule has 2 aromatic rings. The van der Waals surface area contributed by atoms with Gasteiger partial charge in [0.15, 0.2) is 0 Å². The van der Waals surface area contributed by atoms with Gasteiger partial charge >= 0.3 is 0 Å². The first kappa shape index (κ1) is 17.5. The highest BCUT2D eigenvalue weighted by Gasteiger charge is 2.18. The van der Waals surface area contributed by atoms with Crippen LogP contribution in [-0.4, -0.2) is 33.7 Å². The summed E-state index contributed by atoms with van der Waals surface area (Å²) >= 11 is 1.70. The summed E-state index contributed by atoms with van der Waals surface area (Å²) in [5, 5.41) is 5.11. The maximum Gasteiger partial charge on any atom is 0.220 e. The summed E-state index contributed by atoms with van der Waals surface area (Å²) in [6.45, 7) is 0.637. The van der Waals surface area contributed by atoms with Gasteiger partial charge < -0.3 is 15.0 Å². The Balaban J connectivity index is 1.87. The number of hydrogen-bond acceptors (Lipinski definition) is 3. The highest BCUT2D eigenvalue weighted by atomic mass is 32.1. The predicted octanol–water partition coefficient (Wildman–Crippen LogP) is 1.69. The second kappa shape index (κ2) is 8.70. The number of benzene rings is 1. The number of thiophene rings is 1. The summed E-state index contributed by atoms with van der Waals surface area (Å²) in [4.78, 5) is 14.6. The van der Waals surface area contributed by atoms with Gasteiger partial charge in [0.1, 0.15) is 11.8 Å². The summed E-state index contributed by atoms with van der Waals surface area (Å²) in [6, 6.07) is 12.4. The van der Waals surface area contributed by atoms with Crippen LogP contribution >= 0.6 is 11.3 Å². The van der Waals surface area contributed by atoms with Gasteiger partial charge in [0.05, 0.1) is 27.7 Å². The number of carbonyl (C=O) groups is 1. The van der Waals surface area contributed by atoms with Gasteiger partial charge in [-0.2, -0.15) is 0 Å². The molecule has 0 saturated carbocycles. The lowest BCUT2D eigenvalue weighted by Gasteiger charge is -2.22. The van der Waals surface area contributed by atoms with Gasteiger partial charge in [0.25, 0.3) is 0 Å². The Kier molecular flexibility index (Phi) is 6.62. The van der Waals surface area contributed by atoms with E-state index in [0.29, 0.717) is 13.0 Å². The summed E-state index contributed by atoms with van der Waals surface area (Å²) < 4.78 is 5.20. The van der Waals surface area contributed by atoms with Crippen LogP contribution in [-0.2, 0) is 11.2 Å². The lowest BCUT2D eigenvalue weighted by Crippen LogP contribution is -3.07. The largest absolute Gasteiger partial charge is 0.497 e. The van der Waals surface area contributed by atoms with Crippen molar-refractivity contribution in [3.8, 4) is 5.75 Å².